The number of benzene rings is 3. The first-order valence-electron chi connectivity index (χ1n) is 20.1. The normalized spacial score (nSPS) is 11.3. The van der Waals surface area contributed by atoms with Gasteiger partial charge >= 0.3 is 35.5 Å². The third kappa shape index (κ3) is 19.6. The molecule has 0 N–H and O–H groups in total. The molecule has 3 aromatic carbocycles. The Bertz CT molecular complexity index is 1590. The van der Waals surface area contributed by atoms with E-state index in [1.807, 2.05) is 0 Å². The molecule has 0 heterocycles. The number of esters is 1. The van der Waals surface area contributed by atoms with Crippen LogP contribution in [0.5, 0.6) is 23.0 Å². The number of rotatable bonds is 29. The molecular formula is C43H61N2NaO8S. The van der Waals surface area contributed by atoms with E-state index < -0.39 is 16.1 Å². The van der Waals surface area contributed by atoms with Gasteiger partial charge < -0.3 is 23.5 Å². The van der Waals surface area contributed by atoms with E-state index >= 15 is 0 Å². The van der Waals surface area contributed by atoms with Crippen LogP contribution in [0.25, 0.3) is 0 Å². The Hall–Kier alpha value is -2.96. The van der Waals surface area contributed by atoms with Gasteiger partial charge in [0.25, 0.3) is 0 Å². The molecule has 0 amide bonds. The van der Waals surface area contributed by atoms with Crippen molar-refractivity contribution in [2.75, 3.05) is 19.8 Å². The molecule has 0 bridgehead atoms. The van der Waals surface area contributed by atoms with E-state index in [2.05, 4.69) is 31.0 Å². The van der Waals surface area contributed by atoms with E-state index in [1.54, 1.807) is 36.4 Å². The number of carbonyl (C=O) groups excluding carboxylic acids is 1. The van der Waals surface area contributed by atoms with Crippen LogP contribution in [0.15, 0.2) is 75.8 Å². The summed E-state index contributed by atoms with van der Waals surface area (Å²) in [5.41, 5.74) is 1.16. The zero-order valence-corrected chi connectivity index (χ0v) is 36.5. The number of ether oxygens (including phenoxy) is 4. The minimum absolute atomic E-state index is 0. The summed E-state index contributed by atoms with van der Waals surface area (Å²) in [6.45, 7) is 8.19. The van der Waals surface area contributed by atoms with Crippen molar-refractivity contribution >= 4 is 27.5 Å². The number of carbonyl (C=O) groups is 1. The number of hydrogen-bond donors (Lipinski definition) is 0. The van der Waals surface area contributed by atoms with E-state index in [0.717, 1.165) is 38.5 Å². The van der Waals surface area contributed by atoms with Crippen molar-refractivity contribution in [2.24, 2.45) is 10.2 Å². The van der Waals surface area contributed by atoms with Gasteiger partial charge in [0.1, 0.15) is 15.9 Å². The van der Waals surface area contributed by atoms with Gasteiger partial charge in [-0.25, -0.2) is 13.2 Å². The molecule has 0 aromatic heterocycles. The smallest absolute Gasteiger partial charge is 0.744 e. The van der Waals surface area contributed by atoms with Crippen LogP contribution in [0.4, 0.5) is 11.4 Å². The molecule has 0 unspecified atom stereocenters. The SMILES string of the molecule is CCCCCCCCOc1cc(C(=O)Oc2ccc(N=Nc3ccc(S(=O)(=O)[O-])cc3)cc2)cc(OCCCCCCCC)c1OCCCCCCCC.[Na+]. The Morgan fingerprint density at radius 3 is 1.36 bits per heavy atom. The number of azo groups is 1. The maximum absolute atomic E-state index is 13.6. The van der Waals surface area contributed by atoms with Crippen molar-refractivity contribution in [3.8, 4) is 23.0 Å². The van der Waals surface area contributed by atoms with Crippen LogP contribution in [0.1, 0.15) is 147 Å². The second kappa shape index (κ2) is 28.4. The molecule has 0 saturated heterocycles. The summed E-state index contributed by atoms with van der Waals surface area (Å²) in [7, 11) is -4.54. The molecule has 3 aromatic rings. The molecule has 3 rings (SSSR count). The van der Waals surface area contributed by atoms with Gasteiger partial charge in [-0.2, -0.15) is 10.2 Å². The first-order chi connectivity index (χ1) is 26.2. The van der Waals surface area contributed by atoms with Crippen LogP contribution in [0.2, 0.25) is 0 Å². The van der Waals surface area contributed by atoms with Gasteiger partial charge in [-0.1, -0.05) is 117 Å². The van der Waals surface area contributed by atoms with Gasteiger partial charge in [0.2, 0.25) is 5.75 Å². The van der Waals surface area contributed by atoms with Crippen molar-refractivity contribution < 1.29 is 66.3 Å². The fraction of sp³-hybridized carbons (Fsp3) is 0.558. The van der Waals surface area contributed by atoms with Gasteiger partial charge in [0, 0.05) is 0 Å². The van der Waals surface area contributed by atoms with Gasteiger partial charge in [0.15, 0.2) is 11.5 Å². The summed E-state index contributed by atoms with van der Waals surface area (Å²) in [4.78, 5) is 13.2. The van der Waals surface area contributed by atoms with Crippen molar-refractivity contribution in [1.82, 2.24) is 0 Å². The number of unbranched alkanes of at least 4 members (excludes halogenated alkanes) is 15. The van der Waals surface area contributed by atoms with Crippen LogP contribution < -0.4 is 48.5 Å². The average molecular weight is 789 g/mol. The van der Waals surface area contributed by atoms with Crippen LogP contribution in [-0.4, -0.2) is 38.8 Å². The Kier molecular flexibility index (Phi) is 24.9. The monoisotopic (exact) mass is 788 g/mol. The van der Waals surface area contributed by atoms with Crippen molar-refractivity contribution in [1.29, 1.82) is 0 Å². The molecule has 0 aliphatic carbocycles. The molecule has 0 fully saturated rings. The van der Waals surface area contributed by atoms with Crippen LogP contribution in [0, 0.1) is 0 Å². The Balaban J connectivity index is 0.0000105. The third-order valence-electron chi connectivity index (χ3n) is 8.97. The number of hydrogen-bond acceptors (Lipinski definition) is 10. The van der Waals surface area contributed by atoms with Gasteiger partial charge in [-0.15, -0.1) is 0 Å². The molecule has 0 aliphatic heterocycles. The first kappa shape index (κ1) is 48.2. The largest absolute Gasteiger partial charge is 1.00 e. The standard InChI is InChI=1S/C43H62N2O8S.Na/c1-4-7-10-13-16-19-30-50-40-33-35(34-41(51-31-20-17-14-11-8-5-2)42(40)52-32-21-18-15-12-9-6-3)43(46)53-38-26-22-36(23-27-38)44-45-37-24-28-39(29-25-37)54(47,48)49;/h22-29,33-34H,4-21,30-32H2,1-3H3,(H,47,48,49);/q;+1/p-1. The summed E-state index contributed by atoms with van der Waals surface area (Å²) >= 11 is 0. The van der Waals surface area contributed by atoms with Crippen molar-refractivity contribution in [3.63, 3.8) is 0 Å². The summed E-state index contributed by atoms with van der Waals surface area (Å²) in [6, 6.07) is 15.1. The van der Waals surface area contributed by atoms with E-state index in [1.165, 1.54) is 101 Å². The summed E-state index contributed by atoms with van der Waals surface area (Å²) < 4.78 is 58.3. The second-order valence-corrected chi connectivity index (χ2v) is 15.1. The summed E-state index contributed by atoms with van der Waals surface area (Å²) in [5.74, 6) is 1.26. The molecule has 10 nitrogen and oxygen atoms in total. The fourth-order valence-electron chi connectivity index (χ4n) is 5.78. The van der Waals surface area contributed by atoms with E-state index in [-0.39, 0.29) is 34.5 Å². The minimum Gasteiger partial charge on any atom is -0.744 e. The van der Waals surface area contributed by atoms with Crippen molar-refractivity contribution in [3.05, 3.63) is 66.2 Å². The minimum atomic E-state index is -4.54. The second-order valence-electron chi connectivity index (χ2n) is 13.7. The average Bonchev–Trinajstić information content (AvgIpc) is 3.16. The van der Waals surface area contributed by atoms with E-state index in [9.17, 15) is 17.8 Å². The Labute approximate surface area is 352 Å². The zero-order valence-electron chi connectivity index (χ0n) is 33.7. The quantitative estimate of drug-likeness (QED) is 0.0170. The molecular weight excluding hydrogens is 728 g/mol. The van der Waals surface area contributed by atoms with Crippen LogP contribution in [0.3, 0.4) is 0 Å². The topological polar surface area (TPSA) is 136 Å². The van der Waals surface area contributed by atoms with Gasteiger partial charge in [-0.05, 0) is 79.9 Å². The molecule has 0 spiro atoms. The zero-order chi connectivity index (χ0) is 38.9. The van der Waals surface area contributed by atoms with Crippen LogP contribution >= 0.6 is 0 Å². The third-order valence-corrected chi connectivity index (χ3v) is 9.81. The summed E-state index contributed by atoms with van der Waals surface area (Å²) in [5, 5.41) is 8.24. The van der Waals surface area contributed by atoms with Gasteiger partial charge in [0.05, 0.1) is 41.7 Å². The molecule has 298 valence electrons. The Morgan fingerprint density at radius 1 is 0.564 bits per heavy atom. The first-order valence-corrected chi connectivity index (χ1v) is 21.5. The van der Waals surface area contributed by atoms with E-state index in [0.29, 0.717) is 59.8 Å². The fourth-order valence-corrected chi connectivity index (χ4v) is 6.25. The molecule has 0 radical (unpaired) electrons. The number of nitrogens with zero attached hydrogens (tertiary/aromatic N) is 2. The van der Waals surface area contributed by atoms with Crippen molar-refractivity contribution in [2.45, 2.75) is 141 Å². The molecule has 12 heteroatoms. The Morgan fingerprint density at radius 2 is 0.945 bits per heavy atom. The maximum atomic E-state index is 13.6. The van der Waals surface area contributed by atoms with Gasteiger partial charge in [-0.3, -0.25) is 0 Å². The predicted octanol–water partition coefficient (Wildman–Crippen LogP) is 9.45. The molecule has 0 atom stereocenters. The van der Waals surface area contributed by atoms with Crippen LogP contribution in [-0.2, 0) is 10.1 Å². The van der Waals surface area contributed by atoms with E-state index in [4.69, 9.17) is 18.9 Å². The summed E-state index contributed by atoms with van der Waals surface area (Å²) in [6.07, 6.45) is 20.5. The maximum Gasteiger partial charge on any atom is 1.00 e. The molecule has 55 heavy (non-hydrogen) atoms. The molecule has 0 saturated carbocycles. The molecule has 0 aliphatic rings. The predicted molar refractivity (Wildman–Crippen MR) is 213 cm³/mol.